The van der Waals surface area contributed by atoms with Gasteiger partial charge in [-0.15, -0.1) is 0 Å². The number of hydrogen-bond donors (Lipinski definition) is 2. The largest absolute Gasteiger partial charge is 0.378 e. The Labute approximate surface area is 117 Å². The molecule has 5 heteroatoms. The summed E-state index contributed by atoms with van der Waals surface area (Å²) < 4.78 is 5.32. The lowest BCUT2D eigenvalue weighted by molar-refractivity contribution is -0.120. The zero-order valence-electron chi connectivity index (χ0n) is 11.3. The zero-order chi connectivity index (χ0) is 13.9. The minimum atomic E-state index is -0.295. The van der Waals surface area contributed by atoms with E-state index in [0.29, 0.717) is 19.8 Å². The van der Waals surface area contributed by atoms with Gasteiger partial charge in [0.25, 0.3) is 0 Å². The van der Waals surface area contributed by atoms with Crippen molar-refractivity contribution in [3.63, 3.8) is 0 Å². The molecule has 1 unspecified atom stereocenters. The van der Waals surface area contributed by atoms with Crippen molar-refractivity contribution < 1.29 is 9.53 Å². The van der Waals surface area contributed by atoms with E-state index in [0.717, 1.165) is 22.3 Å². The second-order valence-corrected chi connectivity index (χ2v) is 4.90. The Bertz CT molecular complexity index is 636. The van der Waals surface area contributed by atoms with Crippen LogP contribution in [0.2, 0.25) is 0 Å². The molecule has 1 atom stereocenters. The van der Waals surface area contributed by atoms with Crippen molar-refractivity contribution in [2.75, 3.05) is 25.1 Å². The van der Waals surface area contributed by atoms with Gasteiger partial charge in [-0.3, -0.25) is 9.78 Å². The van der Waals surface area contributed by atoms with Crippen LogP contribution in [0, 0.1) is 6.92 Å². The summed E-state index contributed by atoms with van der Waals surface area (Å²) in [4.78, 5) is 16.7. The van der Waals surface area contributed by atoms with E-state index >= 15 is 0 Å². The molecule has 1 aliphatic rings. The van der Waals surface area contributed by atoms with Crippen molar-refractivity contribution in [3.8, 4) is 0 Å². The van der Waals surface area contributed by atoms with Crippen molar-refractivity contribution in [2.24, 2.45) is 0 Å². The second kappa shape index (κ2) is 5.56. The van der Waals surface area contributed by atoms with Crippen molar-refractivity contribution >= 4 is 22.5 Å². The lowest BCUT2D eigenvalue weighted by atomic mass is 10.1. The monoisotopic (exact) mass is 271 g/mol. The minimum absolute atomic E-state index is 0.0690. The van der Waals surface area contributed by atoms with Gasteiger partial charge >= 0.3 is 0 Å². The molecule has 0 bridgehead atoms. The maximum absolute atomic E-state index is 12.2. The van der Waals surface area contributed by atoms with Crippen molar-refractivity contribution in [2.45, 2.75) is 13.0 Å². The fourth-order valence-corrected chi connectivity index (χ4v) is 2.36. The van der Waals surface area contributed by atoms with Crippen LogP contribution in [-0.2, 0) is 9.53 Å². The second-order valence-electron chi connectivity index (χ2n) is 4.90. The molecule has 2 heterocycles. The molecule has 0 saturated carbocycles. The Hall–Kier alpha value is -1.98. The molecule has 2 N–H and O–H groups in total. The fraction of sp³-hybridized carbons (Fsp3) is 0.333. The molecule has 104 valence electrons. The number of morpholine rings is 1. The molecule has 1 saturated heterocycles. The Morgan fingerprint density at radius 2 is 2.30 bits per heavy atom. The van der Waals surface area contributed by atoms with E-state index < -0.39 is 0 Å². The van der Waals surface area contributed by atoms with Crippen LogP contribution in [0.15, 0.2) is 30.3 Å². The van der Waals surface area contributed by atoms with E-state index in [4.69, 9.17) is 4.74 Å². The summed E-state index contributed by atoms with van der Waals surface area (Å²) in [7, 11) is 0. The maximum Gasteiger partial charge on any atom is 0.243 e. The van der Waals surface area contributed by atoms with E-state index in [1.165, 1.54) is 0 Å². The highest BCUT2D eigenvalue weighted by atomic mass is 16.5. The molecule has 3 rings (SSSR count). The minimum Gasteiger partial charge on any atom is -0.378 e. The van der Waals surface area contributed by atoms with Gasteiger partial charge in [0.1, 0.15) is 6.04 Å². The van der Waals surface area contributed by atoms with Gasteiger partial charge in [-0.2, -0.15) is 0 Å². The first-order valence-electron chi connectivity index (χ1n) is 6.72. The Morgan fingerprint density at radius 1 is 1.45 bits per heavy atom. The highest BCUT2D eigenvalue weighted by molar-refractivity contribution is 6.03. The summed E-state index contributed by atoms with van der Waals surface area (Å²) in [5, 5.41) is 7.07. The molecule has 1 aromatic heterocycles. The number of nitrogens with zero attached hydrogens (tertiary/aromatic N) is 1. The maximum atomic E-state index is 12.2. The summed E-state index contributed by atoms with van der Waals surface area (Å²) in [5.74, 6) is -0.0690. The number of amides is 1. The van der Waals surface area contributed by atoms with Gasteiger partial charge in [-0.25, -0.2) is 0 Å². The number of pyridine rings is 1. The fourth-order valence-electron chi connectivity index (χ4n) is 2.36. The number of carbonyl (C=O) groups excluding carboxylic acids is 1. The molecule has 1 aliphatic heterocycles. The smallest absolute Gasteiger partial charge is 0.243 e. The van der Waals surface area contributed by atoms with Gasteiger partial charge in [-0.05, 0) is 19.1 Å². The average molecular weight is 271 g/mol. The van der Waals surface area contributed by atoms with E-state index in [2.05, 4.69) is 15.6 Å². The molecule has 0 spiro atoms. The zero-order valence-corrected chi connectivity index (χ0v) is 11.3. The first kappa shape index (κ1) is 13.0. The highest BCUT2D eigenvalue weighted by Crippen LogP contribution is 2.23. The van der Waals surface area contributed by atoms with Crippen LogP contribution >= 0.6 is 0 Å². The van der Waals surface area contributed by atoms with Crippen LogP contribution in [0.3, 0.4) is 0 Å². The molecule has 1 aromatic carbocycles. The summed E-state index contributed by atoms with van der Waals surface area (Å²) in [6.45, 7) is 3.69. The topological polar surface area (TPSA) is 63.2 Å². The number of aromatic nitrogens is 1. The van der Waals surface area contributed by atoms with Gasteiger partial charge in [0.05, 0.1) is 24.4 Å². The van der Waals surface area contributed by atoms with Gasteiger partial charge in [0.2, 0.25) is 5.91 Å². The number of benzene rings is 1. The number of nitrogens with one attached hydrogen (secondary N) is 2. The number of fused-ring (bicyclic) bond motifs is 1. The molecule has 1 fully saturated rings. The summed E-state index contributed by atoms with van der Waals surface area (Å²) >= 11 is 0. The summed E-state index contributed by atoms with van der Waals surface area (Å²) in [6, 6.07) is 9.39. The molecule has 0 radical (unpaired) electrons. The van der Waals surface area contributed by atoms with Crippen molar-refractivity contribution in [1.82, 2.24) is 10.3 Å². The van der Waals surface area contributed by atoms with E-state index in [1.807, 2.05) is 37.3 Å². The molecular formula is C15H17N3O2. The Kier molecular flexibility index (Phi) is 3.62. The molecule has 2 aromatic rings. The lowest BCUT2D eigenvalue weighted by Crippen LogP contribution is -2.48. The van der Waals surface area contributed by atoms with Crippen molar-refractivity contribution in [3.05, 3.63) is 36.0 Å². The molecular weight excluding hydrogens is 254 g/mol. The highest BCUT2D eigenvalue weighted by Gasteiger charge is 2.21. The predicted octanol–water partition coefficient (Wildman–Crippen LogP) is 1.47. The third-order valence-electron chi connectivity index (χ3n) is 3.34. The Balaban J connectivity index is 1.88. The SMILES string of the molecule is Cc1cc(NC(=O)C2COCCN2)c2ccccc2n1. The number of carbonyl (C=O) groups is 1. The quantitative estimate of drug-likeness (QED) is 0.868. The molecule has 20 heavy (non-hydrogen) atoms. The molecule has 5 nitrogen and oxygen atoms in total. The first-order chi connectivity index (χ1) is 9.74. The number of aryl methyl sites for hydroxylation is 1. The van der Waals surface area contributed by atoms with Crippen molar-refractivity contribution in [1.29, 1.82) is 0 Å². The molecule has 0 aliphatic carbocycles. The third kappa shape index (κ3) is 2.64. The predicted molar refractivity (Wildman–Crippen MR) is 77.7 cm³/mol. The van der Waals surface area contributed by atoms with Crippen LogP contribution in [0.1, 0.15) is 5.69 Å². The van der Waals surface area contributed by atoms with E-state index in [-0.39, 0.29) is 11.9 Å². The first-order valence-corrected chi connectivity index (χ1v) is 6.72. The summed E-state index contributed by atoms with van der Waals surface area (Å²) in [6.07, 6.45) is 0. The molecule has 1 amide bonds. The van der Waals surface area contributed by atoms with Crippen LogP contribution in [0.5, 0.6) is 0 Å². The summed E-state index contributed by atoms with van der Waals surface area (Å²) in [5.41, 5.74) is 2.56. The Morgan fingerprint density at radius 3 is 3.10 bits per heavy atom. The van der Waals surface area contributed by atoms with Gasteiger partial charge in [0, 0.05) is 17.6 Å². The van der Waals surface area contributed by atoms with Crippen LogP contribution in [0.4, 0.5) is 5.69 Å². The normalized spacial score (nSPS) is 18.9. The van der Waals surface area contributed by atoms with Gasteiger partial charge in [-0.1, -0.05) is 18.2 Å². The third-order valence-corrected chi connectivity index (χ3v) is 3.34. The van der Waals surface area contributed by atoms with Crippen LogP contribution in [0.25, 0.3) is 10.9 Å². The van der Waals surface area contributed by atoms with E-state index in [9.17, 15) is 4.79 Å². The number of para-hydroxylation sites is 1. The van der Waals surface area contributed by atoms with Crippen LogP contribution in [-0.4, -0.2) is 36.7 Å². The number of hydrogen-bond acceptors (Lipinski definition) is 4. The van der Waals surface area contributed by atoms with Gasteiger partial charge < -0.3 is 15.4 Å². The van der Waals surface area contributed by atoms with Gasteiger partial charge in [0.15, 0.2) is 0 Å². The standard InChI is InChI=1S/C15H17N3O2/c1-10-8-13(11-4-2-3-5-12(11)17-10)18-15(19)14-9-20-7-6-16-14/h2-5,8,14,16H,6-7,9H2,1H3,(H,17,18,19). The number of ether oxygens (including phenoxy) is 1. The van der Waals surface area contributed by atoms with Crippen LogP contribution < -0.4 is 10.6 Å². The average Bonchev–Trinajstić information content (AvgIpc) is 2.48. The lowest BCUT2D eigenvalue weighted by Gasteiger charge is -2.23. The number of anilines is 1. The van der Waals surface area contributed by atoms with E-state index in [1.54, 1.807) is 0 Å². The number of rotatable bonds is 2.